The van der Waals surface area contributed by atoms with Crippen LogP contribution in [0.15, 0.2) is 170 Å². The molecular weight excluding hydrogens is 1020 g/mol. The van der Waals surface area contributed by atoms with Gasteiger partial charge in [0.1, 0.15) is 0 Å². The SMILES string of the molecule is CC(C)(C)c1ccnc(-n2c3ccc(C4CCCCC4)cc3c3ccc(Oc4cccc(-n5[c](=[Pt])n(-c6c(-c7ccccc7)ccc7c6C6(CCc8ccccc86)CC7)c6ccccc65)c4)cc32)c1. The summed E-state index contributed by atoms with van der Waals surface area (Å²) in [5, 5.41) is 2.49. The molecule has 0 bridgehead atoms. The number of imidazole rings is 1. The fourth-order valence-electron chi connectivity index (χ4n) is 12.6. The summed E-state index contributed by atoms with van der Waals surface area (Å²) in [5.74, 6) is 3.13. The monoisotopic (exact) mass is 1080 g/mol. The van der Waals surface area contributed by atoms with Crippen LogP contribution in [0.5, 0.6) is 11.5 Å². The fourth-order valence-corrected chi connectivity index (χ4v) is 13.7. The Kier molecular flexibility index (Phi) is 10.2. The topological polar surface area (TPSA) is 36.9 Å². The molecule has 6 heteroatoms. The van der Waals surface area contributed by atoms with Crippen molar-refractivity contribution in [3.05, 3.63) is 207 Å². The van der Waals surface area contributed by atoms with Gasteiger partial charge in [0.05, 0.1) is 0 Å². The average Bonchev–Trinajstić information content (AvgIpc) is 4.13. The van der Waals surface area contributed by atoms with Gasteiger partial charge in [-0.05, 0) is 41.4 Å². The molecule has 3 aliphatic rings. The molecule has 1 spiro atoms. The Morgan fingerprint density at radius 1 is 0.594 bits per heavy atom. The summed E-state index contributed by atoms with van der Waals surface area (Å²) in [5.41, 5.74) is 18.1. The standard InChI is InChI=1S/C63H56N4O.Pt/c1-62(2,3)47-33-36-64-59(38-47)67-55-30-26-46(42-15-6-4-7-16-42)37-53(55)52-29-27-50(40-58(52)67)68-49-21-14-20-48(39-49)65-41-66(57-24-13-12-23-56(57)65)61-51(43-17-8-5-9-18-43)28-25-45-32-35-63(60(45)61)34-31-44-19-10-11-22-54(44)63;/h5,8-14,17-30,33,36-40,42H,4,6-7,15-16,31-32,34-35H2,1-3H3;. The predicted molar refractivity (Wildman–Crippen MR) is 278 cm³/mol. The van der Waals surface area contributed by atoms with Crippen molar-refractivity contribution < 1.29 is 24.1 Å². The number of fused-ring (bicyclic) bond motifs is 8. The van der Waals surface area contributed by atoms with Crippen molar-refractivity contribution in [2.24, 2.45) is 0 Å². The van der Waals surface area contributed by atoms with Crippen LogP contribution >= 0.6 is 0 Å². The predicted octanol–water partition coefficient (Wildman–Crippen LogP) is 16.0. The Morgan fingerprint density at radius 2 is 1.35 bits per heavy atom. The fraction of sp³-hybridized carbons (Fsp3) is 0.238. The summed E-state index contributed by atoms with van der Waals surface area (Å²) in [6.45, 7) is 6.81. The molecule has 0 saturated heterocycles. The molecule has 1 saturated carbocycles. The van der Waals surface area contributed by atoms with Crippen LogP contribution in [-0.4, -0.2) is 18.7 Å². The normalized spacial score (nSPS) is 17.1. The van der Waals surface area contributed by atoms with Gasteiger partial charge >= 0.3 is 324 Å². The van der Waals surface area contributed by atoms with Gasteiger partial charge in [-0.15, -0.1) is 0 Å². The molecule has 0 N–H and O–H groups in total. The van der Waals surface area contributed by atoms with Crippen LogP contribution in [0.1, 0.15) is 105 Å². The molecule has 3 aliphatic carbocycles. The van der Waals surface area contributed by atoms with Gasteiger partial charge in [-0.3, -0.25) is 0 Å². The molecule has 13 rings (SSSR count). The van der Waals surface area contributed by atoms with Crippen LogP contribution in [0.25, 0.3) is 61.2 Å². The zero-order chi connectivity index (χ0) is 46.4. The van der Waals surface area contributed by atoms with Gasteiger partial charge in [0.2, 0.25) is 0 Å². The van der Waals surface area contributed by atoms with E-state index in [9.17, 15) is 0 Å². The molecule has 1 unspecified atom stereocenters. The Balaban J connectivity index is 0.947. The Labute approximate surface area is 415 Å². The van der Waals surface area contributed by atoms with E-state index in [4.69, 9.17) is 9.72 Å². The molecule has 3 heterocycles. The van der Waals surface area contributed by atoms with Crippen LogP contribution in [0.4, 0.5) is 0 Å². The maximum atomic E-state index is 6.95. The van der Waals surface area contributed by atoms with Crippen molar-refractivity contribution in [3.63, 3.8) is 0 Å². The number of nitrogens with zero attached hydrogens (tertiary/aromatic N) is 4. The van der Waals surface area contributed by atoms with Crippen molar-refractivity contribution in [1.82, 2.24) is 18.7 Å². The first kappa shape index (κ1) is 42.5. The van der Waals surface area contributed by atoms with Crippen LogP contribution < -0.4 is 4.74 Å². The number of ether oxygens (including phenoxy) is 1. The summed E-state index contributed by atoms with van der Waals surface area (Å²) >= 11 is 2.59. The maximum absolute atomic E-state index is 6.95. The molecule has 3 aromatic heterocycles. The second-order valence-electron chi connectivity index (χ2n) is 20.9. The molecular formula is C63H56N4OPt. The van der Waals surface area contributed by atoms with Crippen molar-refractivity contribution in [3.8, 4) is 39.8 Å². The number of hydrogen-bond donors (Lipinski definition) is 0. The summed E-state index contributed by atoms with van der Waals surface area (Å²) in [6, 6.07) is 60.8. The average molecular weight is 1080 g/mol. The zero-order valence-corrected chi connectivity index (χ0v) is 41.9. The van der Waals surface area contributed by atoms with E-state index in [1.807, 2.05) is 6.20 Å². The third kappa shape index (κ3) is 6.98. The molecule has 0 radical (unpaired) electrons. The van der Waals surface area contributed by atoms with Crippen LogP contribution in [0, 0.1) is 3.80 Å². The molecule has 10 aromatic rings. The second kappa shape index (κ2) is 16.6. The van der Waals surface area contributed by atoms with Gasteiger partial charge < -0.3 is 0 Å². The first-order chi connectivity index (χ1) is 33.7. The van der Waals surface area contributed by atoms with Gasteiger partial charge in [0, 0.05) is 6.20 Å². The number of aryl methyl sites for hydroxylation is 2. The second-order valence-corrected chi connectivity index (χ2v) is 21.9. The molecule has 344 valence electrons. The molecule has 1 atom stereocenters. The summed E-state index contributed by atoms with van der Waals surface area (Å²) in [4.78, 5) is 5.01. The van der Waals surface area contributed by atoms with E-state index in [0.717, 1.165) is 63.5 Å². The zero-order valence-electron chi connectivity index (χ0n) is 39.6. The summed E-state index contributed by atoms with van der Waals surface area (Å²) < 4.78 is 15.4. The number of rotatable bonds is 7. The number of hydrogen-bond acceptors (Lipinski definition) is 2. The summed E-state index contributed by atoms with van der Waals surface area (Å²) in [6.07, 6.45) is 12.9. The molecule has 0 aliphatic heterocycles. The molecule has 0 amide bonds. The van der Waals surface area contributed by atoms with Gasteiger partial charge in [-0.2, -0.15) is 0 Å². The van der Waals surface area contributed by atoms with Crippen molar-refractivity contribution in [2.45, 2.75) is 95.3 Å². The van der Waals surface area contributed by atoms with E-state index in [-0.39, 0.29) is 10.8 Å². The van der Waals surface area contributed by atoms with Crippen LogP contribution in [-0.2, 0) is 43.0 Å². The first-order valence-electron chi connectivity index (χ1n) is 25.1. The quantitative estimate of drug-likeness (QED) is 0.159. The van der Waals surface area contributed by atoms with Crippen molar-refractivity contribution in [1.29, 1.82) is 0 Å². The van der Waals surface area contributed by atoms with E-state index in [1.165, 1.54) is 104 Å². The Hall–Kier alpha value is -6.55. The number of aromatic nitrogens is 4. The van der Waals surface area contributed by atoms with Crippen molar-refractivity contribution >= 4 is 32.8 Å². The van der Waals surface area contributed by atoms with Gasteiger partial charge in [-0.1, -0.05) is 46.1 Å². The van der Waals surface area contributed by atoms with E-state index >= 15 is 0 Å². The number of benzene rings is 7. The summed E-state index contributed by atoms with van der Waals surface area (Å²) in [7, 11) is 0. The minimum absolute atomic E-state index is 0.0122. The Bertz CT molecular complexity index is 3710. The van der Waals surface area contributed by atoms with Crippen LogP contribution in [0.3, 0.4) is 0 Å². The van der Waals surface area contributed by atoms with E-state index < -0.39 is 0 Å². The van der Waals surface area contributed by atoms with Gasteiger partial charge in [0.15, 0.2) is 0 Å². The van der Waals surface area contributed by atoms with Crippen molar-refractivity contribution in [2.75, 3.05) is 0 Å². The van der Waals surface area contributed by atoms with Gasteiger partial charge in [-0.25, -0.2) is 0 Å². The number of para-hydroxylation sites is 2. The van der Waals surface area contributed by atoms with E-state index in [1.54, 1.807) is 0 Å². The van der Waals surface area contributed by atoms with E-state index in [2.05, 4.69) is 218 Å². The van der Waals surface area contributed by atoms with Gasteiger partial charge in [0.25, 0.3) is 0 Å². The Morgan fingerprint density at radius 3 is 2.17 bits per heavy atom. The first-order valence-corrected chi connectivity index (χ1v) is 26.2. The minimum atomic E-state index is -0.0325. The molecule has 5 nitrogen and oxygen atoms in total. The third-order valence-corrected chi connectivity index (χ3v) is 16.9. The van der Waals surface area contributed by atoms with E-state index in [0.29, 0.717) is 5.92 Å². The number of pyridine rings is 1. The molecule has 69 heavy (non-hydrogen) atoms. The molecule has 1 fully saturated rings. The van der Waals surface area contributed by atoms with Crippen LogP contribution in [0.2, 0.25) is 0 Å². The molecule has 7 aromatic carbocycles. The third-order valence-electron chi connectivity index (χ3n) is 15.9.